The largest absolute Gasteiger partial charge is 0.478 e. The van der Waals surface area contributed by atoms with Gasteiger partial charge in [-0.25, -0.2) is 9.10 Å². The molecule has 4 nitrogen and oxygen atoms in total. The van der Waals surface area contributed by atoms with Gasteiger partial charge in [0.05, 0.1) is 0 Å². The number of fused-ring (bicyclic) bond motifs is 7. The standard InChI is InChI=1S/C36H53NO3S.C3H6/c1-32(2)29-17-20-35(5)30(15-14-27-28-8-6-19-36(28,24-38)22-21-34(27,35)4)33(29,3)18-7-23-37(32)41-26-12-9-25(10-13-26)11-16-31(39)40;1-3-2/h9-13,16,27-30,38H,6-8,14-15,17-24H2,1-5H3,(H,39,40);3H,1H2,2H3/b16-11+;/t27?,28?,29?,30?,33?,34-,35?,36?;/m1./s1. The third-order valence-corrected chi connectivity index (χ3v) is 15.6. The molecule has 6 rings (SSSR count). The summed E-state index contributed by atoms with van der Waals surface area (Å²) < 4.78 is 2.69. The van der Waals surface area contributed by atoms with Crippen molar-refractivity contribution in [1.82, 2.24) is 4.31 Å². The molecule has 5 aliphatic rings. The zero-order chi connectivity index (χ0) is 32.0. The van der Waals surface area contributed by atoms with Crippen LogP contribution in [0.2, 0.25) is 0 Å². The first-order valence-electron chi connectivity index (χ1n) is 17.5. The van der Waals surface area contributed by atoms with E-state index < -0.39 is 5.97 Å². The molecule has 0 bridgehead atoms. The zero-order valence-electron chi connectivity index (χ0n) is 28.4. The van der Waals surface area contributed by atoms with Crippen molar-refractivity contribution in [1.29, 1.82) is 0 Å². The number of carboxylic acid groups (broad SMARTS) is 1. The lowest BCUT2D eigenvalue weighted by atomic mass is 9.34. The number of aliphatic carboxylic acids is 1. The molecule has 244 valence electrons. The fourth-order valence-electron chi connectivity index (χ4n) is 12.0. The van der Waals surface area contributed by atoms with Gasteiger partial charge in [-0.2, -0.15) is 0 Å². The van der Waals surface area contributed by atoms with Crippen LogP contribution in [0.3, 0.4) is 0 Å². The molecule has 2 N–H and O–H groups in total. The lowest BCUT2D eigenvalue weighted by molar-refractivity contribution is -0.225. The number of carboxylic acids is 1. The molecule has 4 saturated carbocycles. The molecule has 0 spiro atoms. The minimum atomic E-state index is -0.913. The predicted molar refractivity (Wildman–Crippen MR) is 184 cm³/mol. The van der Waals surface area contributed by atoms with Gasteiger partial charge in [0.2, 0.25) is 0 Å². The molecule has 5 fully saturated rings. The van der Waals surface area contributed by atoms with Crippen LogP contribution in [0.25, 0.3) is 6.08 Å². The Morgan fingerprint density at radius 2 is 1.61 bits per heavy atom. The van der Waals surface area contributed by atoms with E-state index in [9.17, 15) is 9.90 Å². The second-order valence-electron chi connectivity index (χ2n) is 16.3. The highest BCUT2D eigenvalue weighted by molar-refractivity contribution is 7.97. The highest BCUT2D eigenvalue weighted by atomic mass is 32.2. The predicted octanol–water partition coefficient (Wildman–Crippen LogP) is 9.89. The summed E-state index contributed by atoms with van der Waals surface area (Å²) in [4.78, 5) is 12.1. The van der Waals surface area contributed by atoms with Crippen LogP contribution in [0.1, 0.15) is 118 Å². The van der Waals surface area contributed by atoms with E-state index in [1.807, 2.05) is 31.0 Å². The molecule has 4 aliphatic carbocycles. The molecule has 1 aromatic carbocycles. The molecule has 0 aromatic heterocycles. The van der Waals surface area contributed by atoms with Crippen LogP contribution in [-0.2, 0) is 4.79 Å². The summed E-state index contributed by atoms with van der Waals surface area (Å²) in [5.74, 6) is 2.03. The van der Waals surface area contributed by atoms with Gasteiger partial charge in [0.1, 0.15) is 0 Å². The molecular weight excluding hydrogens is 563 g/mol. The van der Waals surface area contributed by atoms with E-state index in [0.717, 1.165) is 29.9 Å². The summed E-state index contributed by atoms with van der Waals surface area (Å²) in [6.45, 7) is 19.9. The number of allylic oxidation sites excluding steroid dienone is 1. The maximum atomic E-state index is 10.9. The normalized spacial score (nSPS) is 41.2. The number of hydrogen-bond acceptors (Lipinski definition) is 4. The van der Waals surface area contributed by atoms with Gasteiger partial charge >= 0.3 is 5.97 Å². The van der Waals surface area contributed by atoms with Gasteiger partial charge < -0.3 is 10.2 Å². The summed E-state index contributed by atoms with van der Waals surface area (Å²) in [6.07, 6.45) is 19.0. The molecule has 0 radical (unpaired) electrons. The summed E-state index contributed by atoms with van der Waals surface area (Å²) in [5.41, 5.74) is 2.34. The zero-order valence-corrected chi connectivity index (χ0v) is 29.2. The number of aliphatic hydroxyl groups excluding tert-OH is 1. The summed E-state index contributed by atoms with van der Waals surface area (Å²) >= 11 is 1.90. The van der Waals surface area contributed by atoms with Crippen molar-refractivity contribution in [3.63, 3.8) is 0 Å². The molecule has 0 amide bonds. The quantitative estimate of drug-likeness (QED) is 0.195. The summed E-state index contributed by atoms with van der Waals surface area (Å²) in [7, 11) is 0. The first-order valence-corrected chi connectivity index (χ1v) is 18.2. The van der Waals surface area contributed by atoms with Crippen molar-refractivity contribution in [2.24, 2.45) is 45.3 Å². The van der Waals surface area contributed by atoms with Gasteiger partial charge in [0, 0.05) is 29.7 Å². The van der Waals surface area contributed by atoms with Gasteiger partial charge in [-0.3, -0.25) is 0 Å². The van der Waals surface area contributed by atoms with Crippen LogP contribution in [-0.4, -0.2) is 39.2 Å². The topological polar surface area (TPSA) is 60.8 Å². The Morgan fingerprint density at radius 3 is 2.27 bits per heavy atom. The van der Waals surface area contributed by atoms with E-state index in [0.29, 0.717) is 28.8 Å². The van der Waals surface area contributed by atoms with Crippen LogP contribution in [0.4, 0.5) is 0 Å². The fourth-order valence-corrected chi connectivity index (χ4v) is 13.1. The Balaban J connectivity index is 0.00000123. The minimum absolute atomic E-state index is 0.0843. The van der Waals surface area contributed by atoms with E-state index in [1.165, 1.54) is 81.6 Å². The molecule has 1 saturated heterocycles. The number of rotatable bonds is 5. The molecular formula is C39H59NO3S. The lowest BCUT2D eigenvalue weighted by Crippen LogP contribution is -2.65. The Labute approximate surface area is 272 Å². The first kappa shape index (κ1) is 33.8. The highest BCUT2D eigenvalue weighted by Gasteiger charge is 2.69. The van der Waals surface area contributed by atoms with Gasteiger partial charge in [-0.1, -0.05) is 45.4 Å². The maximum absolute atomic E-state index is 10.9. The minimum Gasteiger partial charge on any atom is -0.478 e. The summed E-state index contributed by atoms with van der Waals surface area (Å²) in [5, 5.41) is 19.5. The molecule has 5 heteroatoms. The second-order valence-corrected chi connectivity index (χ2v) is 17.4. The van der Waals surface area contributed by atoms with Crippen LogP contribution in [0, 0.1) is 45.3 Å². The van der Waals surface area contributed by atoms with Crippen molar-refractivity contribution in [3.05, 3.63) is 48.6 Å². The van der Waals surface area contributed by atoms with Gasteiger partial charge in [-0.15, -0.1) is 6.58 Å². The van der Waals surface area contributed by atoms with Crippen molar-refractivity contribution in [2.75, 3.05) is 13.2 Å². The third kappa shape index (κ3) is 5.45. The van der Waals surface area contributed by atoms with Crippen molar-refractivity contribution < 1.29 is 15.0 Å². The monoisotopic (exact) mass is 621 g/mol. The van der Waals surface area contributed by atoms with E-state index in [1.54, 1.807) is 12.2 Å². The van der Waals surface area contributed by atoms with Crippen molar-refractivity contribution in [3.8, 4) is 0 Å². The SMILES string of the molecule is C=CC.CC12CCCN(Sc3ccc(/C=C/C(=O)O)cc3)C(C)(C)C1CCC1(C)C2CCC2C3CCCC3(CO)CC[C@]21C. The van der Waals surface area contributed by atoms with Crippen LogP contribution in [0.5, 0.6) is 0 Å². The van der Waals surface area contributed by atoms with E-state index >= 15 is 0 Å². The Hall–Kier alpha value is -1.56. The van der Waals surface area contributed by atoms with Gasteiger partial charge in [0.15, 0.2) is 0 Å². The first-order chi connectivity index (χ1) is 20.8. The average Bonchev–Trinajstić information content (AvgIpc) is 3.38. The van der Waals surface area contributed by atoms with Crippen molar-refractivity contribution >= 4 is 24.0 Å². The number of aliphatic hydroxyl groups is 1. The molecule has 1 aliphatic heterocycles. The fraction of sp³-hybridized carbons (Fsp3) is 0.718. The van der Waals surface area contributed by atoms with Crippen LogP contribution < -0.4 is 0 Å². The lowest BCUT2D eigenvalue weighted by Gasteiger charge is -2.71. The van der Waals surface area contributed by atoms with E-state index in [2.05, 4.69) is 57.6 Å². The van der Waals surface area contributed by atoms with Crippen molar-refractivity contribution in [2.45, 2.75) is 123 Å². The summed E-state index contributed by atoms with van der Waals surface area (Å²) in [6, 6.07) is 8.35. The number of nitrogens with zero attached hydrogens (tertiary/aromatic N) is 1. The Morgan fingerprint density at radius 1 is 0.909 bits per heavy atom. The number of benzene rings is 1. The molecule has 7 unspecified atom stereocenters. The smallest absolute Gasteiger partial charge is 0.328 e. The van der Waals surface area contributed by atoms with Crippen LogP contribution >= 0.6 is 11.9 Å². The van der Waals surface area contributed by atoms with E-state index in [-0.39, 0.29) is 11.0 Å². The average molecular weight is 622 g/mol. The Bertz CT molecular complexity index is 1230. The van der Waals surface area contributed by atoms with Gasteiger partial charge in [-0.05, 0) is 166 Å². The number of hydrogen-bond donors (Lipinski definition) is 2. The van der Waals surface area contributed by atoms with Crippen LogP contribution in [0.15, 0.2) is 47.9 Å². The maximum Gasteiger partial charge on any atom is 0.328 e. The molecule has 1 heterocycles. The van der Waals surface area contributed by atoms with Gasteiger partial charge in [0.25, 0.3) is 0 Å². The highest BCUT2D eigenvalue weighted by Crippen LogP contribution is 2.76. The Kier molecular flexibility index (Phi) is 9.65. The van der Waals surface area contributed by atoms with E-state index in [4.69, 9.17) is 5.11 Å². The third-order valence-electron chi connectivity index (χ3n) is 14.2. The molecule has 8 atom stereocenters. The molecule has 1 aromatic rings. The number of carbonyl (C=O) groups is 1. The second kappa shape index (κ2) is 12.6. The molecule has 44 heavy (non-hydrogen) atoms.